The van der Waals surface area contributed by atoms with E-state index in [1.54, 1.807) is 0 Å². The Bertz CT molecular complexity index is 322. The van der Waals surface area contributed by atoms with Crippen LogP contribution in [0.15, 0.2) is 24.3 Å². The molecule has 1 nitrogen and oxygen atoms in total. The van der Waals surface area contributed by atoms with Crippen LogP contribution in [0.4, 0.5) is 0 Å². The Labute approximate surface area is 98.5 Å². The lowest BCUT2D eigenvalue weighted by Crippen LogP contribution is -2.09. The SMILES string of the molecule is CC(C)CC(O)c1ccc(C2CCC2)cc1. The van der Waals surface area contributed by atoms with Crippen molar-refractivity contribution in [1.29, 1.82) is 0 Å². The monoisotopic (exact) mass is 218 g/mol. The third-order valence-corrected chi connectivity index (χ3v) is 3.59. The molecule has 1 saturated carbocycles. The van der Waals surface area contributed by atoms with Crippen molar-refractivity contribution in [2.24, 2.45) is 5.92 Å². The van der Waals surface area contributed by atoms with Crippen molar-refractivity contribution in [2.45, 2.75) is 51.6 Å². The predicted octanol–water partition coefficient (Wildman–Crippen LogP) is 4.03. The van der Waals surface area contributed by atoms with E-state index in [4.69, 9.17) is 0 Å². The largest absolute Gasteiger partial charge is 0.388 e. The molecular formula is C15H22O. The molecule has 1 unspecified atom stereocenters. The van der Waals surface area contributed by atoms with Gasteiger partial charge in [0.2, 0.25) is 0 Å². The van der Waals surface area contributed by atoms with Gasteiger partial charge in [-0.25, -0.2) is 0 Å². The molecule has 88 valence electrons. The lowest BCUT2D eigenvalue weighted by atomic mass is 9.80. The molecular weight excluding hydrogens is 196 g/mol. The number of hydrogen-bond acceptors (Lipinski definition) is 1. The zero-order chi connectivity index (χ0) is 11.5. The predicted molar refractivity (Wildman–Crippen MR) is 67.4 cm³/mol. The lowest BCUT2D eigenvalue weighted by Gasteiger charge is -2.26. The van der Waals surface area contributed by atoms with E-state index in [2.05, 4.69) is 38.1 Å². The van der Waals surface area contributed by atoms with Crippen LogP contribution in [0.5, 0.6) is 0 Å². The summed E-state index contributed by atoms with van der Waals surface area (Å²) in [7, 11) is 0. The van der Waals surface area contributed by atoms with Crippen molar-refractivity contribution in [3.8, 4) is 0 Å². The van der Waals surface area contributed by atoms with Crippen LogP contribution in [0.2, 0.25) is 0 Å². The molecule has 0 radical (unpaired) electrons. The molecule has 0 amide bonds. The Morgan fingerprint density at radius 1 is 1.19 bits per heavy atom. The molecule has 0 spiro atoms. The van der Waals surface area contributed by atoms with Crippen LogP contribution in [0.3, 0.4) is 0 Å². The van der Waals surface area contributed by atoms with Gasteiger partial charge in [0, 0.05) is 0 Å². The Kier molecular flexibility index (Phi) is 3.65. The van der Waals surface area contributed by atoms with Gasteiger partial charge in [-0.15, -0.1) is 0 Å². The summed E-state index contributed by atoms with van der Waals surface area (Å²) < 4.78 is 0. The summed E-state index contributed by atoms with van der Waals surface area (Å²) >= 11 is 0. The highest BCUT2D eigenvalue weighted by atomic mass is 16.3. The fourth-order valence-electron chi connectivity index (χ4n) is 2.31. The highest BCUT2D eigenvalue weighted by Gasteiger charge is 2.19. The number of aliphatic hydroxyl groups excluding tert-OH is 1. The molecule has 2 rings (SSSR count). The van der Waals surface area contributed by atoms with Crippen molar-refractivity contribution in [3.05, 3.63) is 35.4 Å². The molecule has 16 heavy (non-hydrogen) atoms. The highest BCUT2D eigenvalue weighted by Crippen LogP contribution is 2.36. The van der Waals surface area contributed by atoms with E-state index in [0.717, 1.165) is 17.9 Å². The van der Waals surface area contributed by atoms with Crippen LogP contribution in [0.25, 0.3) is 0 Å². The molecule has 1 atom stereocenters. The average Bonchev–Trinajstić information content (AvgIpc) is 2.15. The second kappa shape index (κ2) is 5.01. The van der Waals surface area contributed by atoms with Crippen LogP contribution in [0, 0.1) is 5.92 Å². The summed E-state index contributed by atoms with van der Waals surface area (Å²) in [6.07, 6.45) is 4.61. The van der Waals surface area contributed by atoms with Gasteiger partial charge in [0.25, 0.3) is 0 Å². The third-order valence-electron chi connectivity index (χ3n) is 3.59. The Balaban J connectivity index is 2.00. The van der Waals surface area contributed by atoms with Crippen LogP contribution >= 0.6 is 0 Å². The third kappa shape index (κ3) is 2.65. The van der Waals surface area contributed by atoms with E-state index in [1.807, 2.05) is 0 Å². The lowest BCUT2D eigenvalue weighted by molar-refractivity contribution is 0.151. The maximum Gasteiger partial charge on any atom is 0.0792 e. The first-order chi connectivity index (χ1) is 7.66. The van der Waals surface area contributed by atoms with Gasteiger partial charge in [-0.2, -0.15) is 0 Å². The summed E-state index contributed by atoms with van der Waals surface area (Å²) in [4.78, 5) is 0. The zero-order valence-corrected chi connectivity index (χ0v) is 10.3. The fourth-order valence-corrected chi connectivity index (χ4v) is 2.31. The minimum absolute atomic E-state index is 0.296. The fraction of sp³-hybridized carbons (Fsp3) is 0.600. The number of rotatable bonds is 4. The van der Waals surface area contributed by atoms with Crippen LogP contribution < -0.4 is 0 Å². The van der Waals surface area contributed by atoms with Gasteiger partial charge in [0.15, 0.2) is 0 Å². The Morgan fingerprint density at radius 3 is 2.25 bits per heavy atom. The number of benzene rings is 1. The summed E-state index contributed by atoms with van der Waals surface area (Å²) in [6, 6.07) is 8.59. The van der Waals surface area contributed by atoms with E-state index in [9.17, 15) is 5.11 Å². The first-order valence-corrected chi connectivity index (χ1v) is 6.44. The summed E-state index contributed by atoms with van der Waals surface area (Å²) in [5, 5.41) is 9.99. The van der Waals surface area contributed by atoms with Crippen molar-refractivity contribution < 1.29 is 5.11 Å². The van der Waals surface area contributed by atoms with Gasteiger partial charge in [0.05, 0.1) is 6.10 Å². The van der Waals surface area contributed by atoms with Gasteiger partial charge in [-0.1, -0.05) is 44.5 Å². The van der Waals surface area contributed by atoms with Gasteiger partial charge >= 0.3 is 0 Å². The van der Waals surface area contributed by atoms with Crippen LogP contribution in [-0.4, -0.2) is 5.11 Å². The molecule has 1 aliphatic carbocycles. The van der Waals surface area contributed by atoms with E-state index in [-0.39, 0.29) is 6.10 Å². The molecule has 0 heterocycles. The van der Waals surface area contributed by atoms with Crippen LogP contribution in [0.1, 0.15) is 62.7 Å². The van der Waals surface area contributed by atoms with Crippen molar-refractivity contribution in [3.63, 3.8) is 0 Å². The number of hydrogen-bond donors (Lipinski definition) is 1. The molecule has 1 aromatic rings. The van der Waals surface area contributed by atoms with Crippen molar-refractivity contribution >= 4 is 0 Å². The second-order valence-electron chi connectivity index (χ2n) is 5.44. The average molecular weight is 218 g/mol. The smallest absolute Gasteiger partial charge is 0.0792 e. The minimum Gasteiger partial charge on any atom is -0.388 e. The highest BCUT2D eigenvalue weighted by molar-refractivity contribution is 5.27. The van der Waals surface area contributed by atoms with Gasteiger partial charge in [-0.3, -0.25) is 0 Å². The maximum absolute atomic E-state index is 9.99. The summed E-state index contributed by atoms with van der Waals surface area (Å²) in [5.41, 5.74) is 2.52. The van der Waals surface area contributed by atoms with Gasteiger partial charge in [-0.05, 0) is 42.2 Å². The van der Waals surface area contributed by atoms with Crippen LogP contribution in [-0.2, 0) is 0 Å². The molecule has 0 aromatic heterocycles. The molecule has 0 saturated heterocycles. The molecule has 1 aliphatic rings. The molecule has 1 fully saturated rings. The molecule has 0 aliphatic heterocycles. The minimum atomic E-state index is -0.296. The standard InChI is InChI=1S/C15H22O/c1-11(2)10-15(16)14-8-6-13(7-9-14)12-4-3-5-12/h6-9,11-12,15-16H,3-5,10H2,1-2H3. The quantitative estimate of drug-likeness (QED) is 0.808. The van der Waals surface area contributed by atoms with E-state index < -0.39 is 0 Å². The topological polar surface area (TPSA) is 20.2 Å². The number of aliphatic hydroxyl groups is 1. The first-order valence-electron chi connectivity index (χ1n) is 6.44. The summed E-state index contributed by atoms with van der Waals surface area (Å²) in [5.74, 6) is 1.33. The normalized spacial score (nSPS) is 18.5. The van der Waals surface area contributed by atoms with Gasteiger partial charge < -0.3 is 5.11 Å². The molecule has 1 N–H and O–H groups in total. The van der Waals surface area contributed by atoms with E-state index in [0.29, 0.717) is 5.92 Å². The second-order valence-corrected chi connectivity index (χ2v) is 5.44. The summed E-state index contributed by atoms with van der Waals surface area (Å²) in [6.45, 7) is 4.29. The van der Waals surface area contributed by atoms with Crippen molar-refractivity contribution in [2.75, 3.05) is 0 Å². The van der Waals surface area contributed by atoms with E-state index >= 15 is 0 Å². The Hall–Kier alpha value is -0.820. The van der Waals surface area contributed by atoms with Gasteiger partial charge in [0.1, 0.15) is 0 Å². The first kappa shape index (κ1) is 11.7. The van der Waals surface area contributed by atoms with E-state index in [1.165, 1.54) is 24.8 Å². The molecule has 1 aromatic carbocycles. The maximum atomic E-state index is 9.99. The molecule has 1 heteroatoms. The zero-order valence-electron chi connectivity index (χ0n) is 10.3. The molecule has 0 bridgehead atoms. The van der Waals surface area contributed by atoms with Crippen molar-refractivity contribution in [1.82, 2.24) is 0 Å². The Morgan fingerprint density at radius 2 is 1.81 bits per heavy atom.